The molecule has 0 bridgehead atoms. The molecule has 2 heterocycles. The van der Waals surface area contributed by atoms with Gasteiger partial charge in [0.05, 0.1) is 11.3 Å². The van der Waals surface area contributed by atoms with Crippen LogP contribution in [0.1, 0.15) is 32.2 Å². The summed E-state index contributed by atoms with van der Waals surface area (Å²) in [7, 11) is -3.90. The van der Waals surface area contributed by atoms with Gasteiger partial charge >= 0.3 is 6.09 Å². The van der Waals surface area contributed by atoms with Gasteiger partial charge in [-0.25, -0.2) is 18.2 Å². The Morgan fingerprint density at radius 2 is 1.82 bits per heavy atom. The largest absolute Gasteiger partial charge is 0.444 e. The maximum absolute atomic E-state index is 12.7. The highest BCUT2D eigenvalue weighted by atomic mass is 35.5. The number of nitrogens with one attached hydrogen (secondary N) is 1. The van der Waals surface area contributed by atoms with Crippen molar-refractivity contribution < 1.29 is 22.7 Å². The number of hydrogen-bond donors (Lipinski definition) is 1. The number of aromatic nitrogens is 2. The van der Waals surface area contributed by atoms with Gasteiger partial charge in [0.15, 0.2) is 5.82 Å². The molecule has 0 radical (unpaired) electrons. The smallest absolute Gasteiger partial charge is 0.410 e. The van der Waals surface area contributed by atoms with E-state index in [0.717, 1.165) is 11.5 Å². The standard InChI is InChI=1S/C20H26ClN5O5S2/c1-13-14(21)6-5-7-15(13)33(29,30)24-18-22-16(23-32-18)12-17(27)25-8-10-26(11-9-25)19(28)31-20(2,3)4/h5-7H,8-12H2,1-4H3,(H,22,23,24). The van der Waals surface area contributed by atoms with Crippen molar-refractivity contribution in [3.63, 3.8) is 0 Å². The predicted octanol–water partition coefficient (Wildman–Crippen LogP) is 2.92. The molecule has 180 valence electrons. The Labute approximate surface area is 202 Å². The molecule has 0 saturated carbocycles. The van der Waals surface area contributed by atoms with E-state index in [9.17, 15) is 18.0 Å². The van der Waals surface area contributed by atoms with Crippen LogP contribution < -0.4 is 4.72 Å². The Kier molecular flexibility index (Phi) is 7.49. The fraction of sp³-hybridized carbons (Fsp3) is 0.500. The fourth-order valence-corrected chi connectivity index (χ4v) is 5.44. The number of benzene rings is 1. The summed E-state index contributed by atoms with van der Waals surface area (Å²) < 4.78 is 37.2. The van der Waals surface area contributed by atoms with Crippen LogP contribution in [0.15, 0.2) is 23.1 Å². The summed E-state index contributed by atoms with van der Waals surface area (Å²) in [5, 5.41) is 0.403. The second-order valence-electron chi connectivity index (χ2n) is 8.51. The van der Waals surface area contributed by atoms with E-state index in [4.69, 9.17) is 16.3 Å². The number of sulfonamides is 1. The molecule has 13 heteroatoms. The summed E-state index contributed by atoms with van der Waals surface area (Å²) in [6, 6.07) is 4.61. The van der Waals surface area contributed by atoms with Gasteiger partial charge < -0.3 is 14.5 Å². The molecule has 1 saturated heterocycles. The van der Waals surface area contributed by atoms with Crippen molar-refractivity contribution in [3.05, 3.63) is 34.6 Å². The Morgan fingerprint density at radius 3 is 2.45 bits per heavy atom. The Hall–Kier alpha value is -2.44. The molecular formula is C20H26ClN5O5S2. The van der Waals surface area contributed by atoms with E-state index in [0.29, 0.717) is 36.8 Å². The SMILES string of the molecule is Cc1c(Cl)cccc1S(=O)(=O)Nc1nc(CC(=O)N2CCN(C(=O)OC(C)(C)C)CC2)ns1. The lowest BCUT2D eigenvalue weighted by Crippen LogP contribution is -2.52. The zero-order valence-corrected chi connectivity index (χ0v) is 21.2. The highest BCUT2D eigenvalue weighted by Gasteiger charge is 2.28. The van der Waals surface area contributed by atoms with Crippen molar-refractivity contribution in [2.45, 2.75) is 44.6 Å². The average Bonchev–Trinajstić information content (AvgIpc) is 3.14. The third kappa shape index (κ3) is 6.55. The molecular weight excluding hydrogens is 490 g/mol. The number of rotatable bonds is 5. The number of ether oxygens (including phenoxy) is 1. The number of halogens is 1. The molecule has 0 unspecified atom stereocenters. The van der Waals surface area contributed by atoms with Crippen LogP contribution in [0, 0.1) is 6.92 Å². The molecule has 3 rings (SSSR count). The van der Waals surface area contributed by atoms with Gasteiger partial charge in [-0.3, -0.25) is 9.52 Å². The molecule has 10 nitrogen and oxygen atoms in total. The number of amides is 2. The van der Waals surface area contributed by atoms with E-state index in [1.165, 1.54) is 6.07 Å². The van der Waals surface area contributed by atoms with Crippen LogP contribution >= 0.6 is 23.1 Å². The zero-order chi connectivity index (χ0) is 24.4. The van der Waals surface area contributed by atoms with Crippen molar-refractivity contribution in [2.75, 3.05) is 30.9 Å². The zero-order valence-electron chi connectivity index (χ0n) is 18.8. The number of carbonyl (C=O) groups excluding carboxylic acids is 2. The van der Waals surface area contributed by atoms with Gasteiger partial charge in [-0.05, 0) is 45.4 Å². The van der Waals surface area contributed by atoms with Gasteiger partial charge in [0.1, 0.15) is 5.60 Å². The van der Waals surface area contributed by atoms with E-state index in [1.54, 1.807) is 49.6 Å². The van der Waals surface area contributed by atoms with Gasteiger partial charge in [-0.15, -0.1) is 0 Å². The van der Waals surface area contributed by atoms with Gasteiger partial charge in [0.25, 0.3) is 10.0 Å². The van der Waals surface area contributed by atoms with Crippen molar-refractivity contribution in [1.29, 1.82) is 0 Å². The minimum atomic E-state index is -3.90. The number of hydrogen-bond acceptors (Lipinski definition) is 8. The van der Waals surface area contributed by atoms with Gasteiger partial charge in [-0.2, -0.15) is 4.37 Å². The van der Waals surface area contributed by atoms with E-state index < -0.39 is 21.7 Å². The molecule has 33 heavy (non-hydrogen) atoms. The summed E-state index contributed by atoms with van der Waals surface area (Å²) in [5.41, 5.74) is -0.150. The molecule has 0 spiro atoms. The number of nitrogens with zero attached hydrogens (tertiary/aromatic N) is 4. The monoisotopic (exact) mass is 515 g/mol. The van der Waals surface area contributed by atoms with Crippen molar-refractivity contribution in [3.8, 4) is 0 Å². The van der Waals surface area contributed by atoms with Gasteiger partial charge in [0, 0.05) is 42.7 Å². The Balaban J connectivity index is 1.56. The normalized spacial score (nSPS) is 14.8. The third-order valence-electron chi connectivity index (χ3n) is 4.79. The lowest BCUT2D eigenvalue weighted by molar-refractivity contribution is -0.132. The molecule has 2 aromatic rings. The lowest BCUT2D eigenvalue weighted by atomic mass is 10.2. The first-order valence-electron chi connectivity index (χ1n) is 10.2. The summed E-state index contributed by atoms with van der Waals surface area (Å²) in [4.78, 5) is 32.2. The number of anilines is 1. The summed E-state index contributed by atoms with van der Waals surface area (Å²) in [5.74, 6) is 0.0248. The van der Waals surface area contributed by atoms with Crippen molar-refractivity contribution in [2.24, 2.45) is 0 Å². The van der Waals surface area contributed by atoms with E-state index >= 15 is 0 Å². The second-order valence-corrected chi connectivity index (χ2v) is 11.3. The van der Waals surface area contributed by atoms with Crippen LogP contribution in [0.4, 0.5) is 9.93 Å². The summed E-state index contributed by atoms with van der Waals surface area (Å²) in [6.45, 7) is 8.50. The first kappa shape index (κ1) is 25.2. The molecule has 1 aromatic carbocycles. The minimum Gasteiger partial charge on any atom is -0.444 e. The third-order valence-corrected chi connectivity index (χ3v) is 7.48. The lowest BCUT2D eigenvalue weighted by Gasteiger charge is -2.35. The number of piperazine rings is 1. The molecule has 2 amide bonds. The average molecular weight is 516 g/mol. The van der Waals surface area contributed by atoms with Crippen LogP contribution in [0.25, 0.3) is 0 Å². The molecule has 1 aliphatic rings. The first-order valence-corrected chi connectivity index (χ1v) is 12.9. The molecule has 1 aliphatic heterocycles. The highest BCUT2D eigenvalue weighted by molar-refractivity contribution is 7.93. The molecule has 1 N–H and O–H groups in total. The van der Waals surface area contributed by atoms with E-state index in [-0.39, 0.29) is 28.2 Å². The number of carbonyl (C=O) groups is 2. The predicted molar refractivity (Wildman–Crippen MR) is 125 cm³/mol. The first-order chi connectivity index (χ1) is 15.4. The Morgan fingerprint density at radius 1 is 1.18 bits per heavy atom. The highest BCUT2D eigenvalue weighted by Crippen LogP contribution is 2.25. The van der Waals surface area contributed by atoms with Crippen molar-refractivity contribution >= 4 is 50.3 Å². The van der Waals surface area contributed by atoms with Crippen molar-refractivity contribution in [1.82, 2.24) is 19.2 Å². The van der Waals surface area contributed by atoms with E-state index in [1.807, 2.05) is 0 Å². The van der Waals surface area contributed by atoms with Gasteiger partial charge in [0.2, 0.25) is 11.0 Å². The molecule has 0 aliphatic carbocycles. The van der Waals surface area contributed by atoms with Crippen LogP contribution in [0.5, 0.6) is 0 Å². The van der Waals surface area contributed by atoms with Crippen LogP contribution in [-0.2, 0) is 26.0 Å². The van der Waals surface area contributed by atoms with Gasteiger partial charge in [-0.1, -0.05) is 17.7 Å². The van der Waals surface area contributed by atoms with E-state index in [2.05, 4.69) is 14.1 Å². The summed E-state index contributed by atoms with van der Waals surface area (Å²) >= 11 is 6.88. The van der Waals surface area contributed by atoms with Crippen LogP contribution in [-0.4, -0.2) is 71.4 Å². The molecule has 0 atom stereocenters. The second kappa shape index (κ2) is 9.82. The maximum Gasteiger partial charge on any atom is 0.410 e. The molecule has 1 fully saturated rings. The Bertz CT molecular complexity index is 1140. The molecule has 1 aromatic heterocycles. The minimum absolute atomic E-state index is 0.0469. The fourth-order valence-electron chi connectivity index (χ4n) is 3.13. The summed E-state index contributed by atoms with van der Waals surface area (Å²) in [6.07, 6.45) is -0.469. The maximum atomic E-state index is 12.7. The quantitative estimate of drug-likeness (QED) is 0.649. The topological polar surface area (TPSA) is 122 Å². The van der Waals surface area contributed by atoms with Crippen LogP contribution in [0.2, 0.25) is 5.02 Å². The van der Waals surface area contributed by atoms with Crippen LogP contribution in [0.3, 0.4) is 0 Å².